The summed E-state index contributed by atoms with van der Waals surface area (Å²) in [7, 11) is -7.82. The van der Waals surface area contributed by atoms with Crippen molar-refractivity contribution in [2.45, 2.75) is 19.6 Å². The number of nitrogens with one attached hydrogen (secondary N) is 2. The first-order chi connectivity index (χ1) is 35.1. The van der Waals surface area contributed by atoms with E-state index in [0.717, 1.165) is 18.2 Å². The lowest BCUT2D eigenvalue weighted by Crippen LogP contribution is -2.13. The first kappa shape index (κ1) is 55.6. The number of hydrogen-bond donors (Lipinski definition) is 8. The van der Waals surface area contributed by atoms with E-state index in [0.29, 0.717) is 12.0 Å². The third-order valence-electron chi connectivity index (χ3n) is 10.0. The maximum atomic E-state index is 13.5. The molecule has 74 heavy (non-hydrogen) atoms. The van der Waals surface area contributed by atoms with Crippen molar-refractivity contribution in [1.29, 1.82) is 0 Å². The second-order valence-corrected chi connectivity index (χ2v) is 20.4. The molecular weight excluding hydrogens is 1150 g/mol. The fraction of sp³-hybridized carbons (Fsp3) is 0.0476. The average molecular weight is 1170 g/mol. The number of hydrogen-bond acceptors (Lipinski definition) is 22. The zero-order valence-electron chi connectivity index (χ0n) is 36.6. The Morgan fingerprint density at radius 2 is 1.18 bits per heavy atom. The summed E-state index contributed by atoms with van der Waals surface area (Å²) < 4.78 is 90.9. The molecule has 0 aliphatic carbocycles. The SMILES string of the molecule is COc1cc(N=Nc2c(S(=O)(=O)O)cc3cc(SOOO)cc(NC(=O)c4cccc(Cl)c4Cl)c3c2O)c(OC)cc1N=Nc1c(SOOO)cc2cc(S(=O)(=O)O)cc(NC(=O)c3ccc(Cl)cc3Cl)c2c1O. The van der Waals surface area contributed by atoms with Gasteiger partial charge in [-0.3, -0.25) is 18.7 Å². The highest BCUT2D eigenvalue weighted by Crippen LogP contribution is 2.50. The smallest absolute Gasteiger partial charge is 0.296 e. The molecule has 0 aliphatic rings. The van der Waals surface area contributed by atoms with E-state index in [9.17, 15) is 45.7 Å². The van der Waals surface area contributed by atoms with Crippen LogP contribution in [0, 0.1) is 0 Å². The molecule has 386 valence electrons. The second kappa shape index (κ2) is 23.2. The number of benzene rings is 7. The number of carbonyl (C=O) groups excluding carboxylic acids is 2. The molecule has 2 amide bonds. The van der Waals surface area contributed by atoms with Gasteiger partial charge in [-0.2, -0.15) is 16.8 Å². The number of aromatic hydroxyl groups is 2. The Labute approximate surface area is 444 Å². The molecule has 0 saturated heterocycles. The van der Waals surface area contributed by atoms with Crippen molar-refractivity contribution < 1.29 is 84.5 Å². The molecule has 32 heteroatoms. The molecule has 7 rings (SSSR count). The van der Waals surface area contributed by atoms with Crippen LogP contribution in [0.2, 0.25) is 20.1 Å². The molecule has 0 aromatic heterocycles. The summed E-state index contributed by atoms with van der Waals surface area (Å²) in [5.74, 6) is -3.80. The van der Waals surface area contributed by atoms with Crippen LogP contribution in [0.15, 0.2) is 125 Å². The van der Waals surface area contributed by atoms with Gasteiger partial charge in [-0.1, -0.05) is 62.5 Å². The topological polar surface area (TPSA) is 353 Å². The van der Waals surface area contributed by atoms with Crippen molar-refractivity contribution in [2.75, 3.05) is 24.9 Å². The van der Waals surface area contributed by atoms with Gasteiger partial charge in [0.1, 0.15) is 39.1 Å². The van der Waals surface area contributed by atoms with Gasteiger partial charge in [-0.05, 0) is 77.5 Å². The van der Waals surface area contributed by atoms with Crippen LogP contribution in [0.4, 0.5) is 34.1 Å². The van der Waals surface area contributed by atoms with E-state index in [1.165, 1.54) is 80.9 Å². The molecule has 0 bridgehead atoms. The number of halogens is 4. The number of phenols is 2. The summed E-state index contributed by atoms with van der Waals surface area (Å²) in [6.07, 6.45) is 0. The number of rotatable bonds is 18. The highest BCUT2D eigenvalue weighted by atomic mass is 35.5. The third kappa shape index (κ3) is 12.2. The fourth-order valence-corrected chi connectivity index (χ4v) is 9.86. The lowest BCUT2D eigenvalue weighted by atomic mass is 10.1. The Hall–Kier alpha value is -6.16. The van der Waals surface area contributed by atoms with Gasteiger partial charge in [-0.25, -0.2) is 10.5 Å². The number of ether oxygens (including phenoxy) is 2. The van der Waals surface area contributed by atoms with Gasteiger partial charge in [0.05, 0.1) is 85.7 Å². The molecule has 24 nitrogen and oxygen atoms in total. The van der Waals surface area contributed by atoms with E-state index in [-0.39, 0.29) is 109 Å². The number of azo groups is 2. The molecule has 0 fully saturated rings. The summed E-state index contributed by atoms with van der Waals surface area (Å²) >= 11 is 25.3. The molecule has 7 aromatic carbocycles. The average Bonchev–Trinajstić information content (AvgIpc) is 3.34. The summed E-state index contributed by atoms with van der Waals surface area (Å²) in [5.41, 5.74) is -2.52. The second-order valence-electron chi connectivity index (χ2n) is 14.4. The summed E-state index contributed by atoms with van der Waals surface area (Å²) in [6.45, 7) is 0. The molecule has 7 aromatic rings. The van der Waals surface area contributed by atoms with Crippen molar-refractivity contribution in [2.24, 2.45) is 20.5 Å². The predicted molar refractivity (Wildman–Crippen MR) is 269 cm³/mol. The van der Waals surface area contributed by atoms with Gasteiger partial charge in [-0.15, -0.1) is 29.1 Å². The standard InChI is InChI=1S/C42H28Cl4N6O18S4/c1-65-30-16-27(50-52-38-33(74(62,63)64)11-17-8-20(71-69-67-57)13-28(34(17)40(38)54)47-42(56)23-4-3-5-24(44)36(23)46)31(66-2)15-26(30)49-51-37-32(72-70-68-58)10-18-9-21(73(59,60)61)14-29(35(18)39(37)53)48-41(55)22-7-6-19(43)12-25(22)45/h3-16,53-54,57-58H,1-2H3,(H,47,56)(H,48,55)(H,59,60,61)(H,62,63,64). The quantitative estimate of drug-likeness (QED) is 0.0130. The molecule has 0 radical (unpaired) electrons. The number of amides is 2. The largest absolute Gasteiger partial charge is 0.505 e. The van der Waals surface area contributed by atoms with Crippen molar-refractivity contribution in [3.63, 3.8) is 0 Å². The summed E-state index contributed by atoms with van der Waals surface area (Å²) in [6, 6.07) is 16.8. The van der Waals surface area contributed by atoms with Gasteiger partial charge >= 0.3 is 0 Å². The van der Waals surface area contributed by atoms with E-state index in [2.05, 4.69) is 49.8 Å². The van der Waals surface area contributed by atoms with E-state index in [4.69, 9.17) is 66.4 Å². The van der Waals surface area contributed by atoms with Crippen LogP contribution >= 0.6 is 70.5 Å². The molecule has 8 N–H and O–H groups in total. The Morgan fingerprint density at radius 3 is 1.76 bits per heavy atom. The first-order valence-electron chi connectivity index (χ1n) is 19.6. The van der Waals surface area contributed by atoms with Crippen molar-refractivity contribution in [1.82, 2.24) is 0 Å². The lowest BCUT2D eigenvalue weighted by Gasteiger charge is -2.16. The minimum atomic E-state index is -5.24. The van der Waals surface area contributed by atoms with Gasteiger partial charge in [0.2, 0.25) is 0 Å². The van der Waals surface area contributed by atoms with Crippen LogP contribution in [-0.2, 0) is 39.0 Å². The zero-order chi connectivity index (χ0) is 53.8. The highest BCUT2D eigenvalue weighted by molar-refractivity contribution is 7.95. The van der Waals surface area contributed by atoms with E-state index >= 15 is 0 Å². The molecule has 0 heterocycles. The molecule has 0 atom stereocenters. The Bertz CT molecular complexity index is 3730. The lowest BCUT2D eigenvalue weighted by molar-refractivity contribution is -0.432. The van der Waals surface area contributed by atoms with E-state index in [1.54, 1.807) is 0 Å². The monoisotopic (exact) mass is 1170 g/mol. The van der Waals surface area contributed by atoms with Crippen molar-refractivity contribution in [3.05, 3.63) is 116 Å². The maximum Gasteiger partial charge on any atom is 0.296 e. The highest BCUT2D eigenvalue weighted by Gasteiger charge is 2.27. The Balaban J connectivity index is 1.34. The fourth-order valence-electron chi connectivity index (χ4n) is 6.84. The van der Waals surface area contributed by atoms with Crippen LogP contribution < -0.4 is 20.1 Å². The van der Waals surface area contributed by atoms with E-state index in [1.807, 2.05) is 0 Å². The Morgan fingerprint density at radius 1 is 0.608 bits per heavy atom. The maximum absolute atomic E-state index is 13.5. The van der Waals surface area contributed by atoms with Gasteiger partial charge in [0, 0.05) is 32.8 Å². The van der Waals surface area contributed by atoms with Crippen LogP contribution in [0.5, 0.6) is 23.0 Å². The number of nitrogens with zero attached hydrogens (tertiary/aromatic N) is 4. The first-order valence-corrected chi connectivity index (χ1v) is 25.5. The van der Waals surface area contributed by atoms with Crippen LogP contribution in [0.25, 0.3) is 21.5 Å². The predicted octanol–water partition coefficient (Wildman–Crippen LogP) is 12.7. The Kier molecular flexibility index (Phi) is 17.4. The summed E-state index contributed by atoms with van der Waals surface area (Å²) in [5, 5.41) is 69.3. The molecule has 0 spiro atoms. The van der Waals surface area contributed by atoms with Gasteiger partial charge in [0.15, 0.2) is 11.5 Å². The number of phenolic OH excluding ortho intramolecular Hbond substituents is 2. The van der Waals surface area contributed by atoms with Crippen molar-refractivity contribution >= 4 is 158 Å². The molecular formula is C42H28Cl4N6O18S4. The third-order valence-corrected chi connectivity index (χ3v) is 14.2. The molecule has 0 unspecified atom stereocenters. The minimum Gasteiger partial charge on any atom is -0.505 e. The molecule has 0 aliphatic heterocycles. The normalized spacial score (nSPS) is 12.0. The number of methoxy groups -OCH3 is 2. The van der Waals surface area contributed by atoms with Crippen LogP contribution in [0.1, 0.15) is 20.7 Å². The number of carbonyl (C=O) groups is 2. The summed E-state index contributed by atoms with van der Waals surface area (Å²) in [4.78, 5) is 25.1. The van der Waals surface area contributed by atoms with Crippen molar-refractivity contribution in [3.8, 4) is 23.0 Å². The van der Waals surface area contributed by atoms with Gasteiger partial charge in [0.25, 0.3) is 32.1 Å². The number of anilines is 2. The van der Waals surface area contributed by atoms with Crippen LogP contribution in [0.3, 0.4) is 0 Å². The zero-order valence-corrected chi connectivity index (χ0v) is 42.9. The van der Waals surface area contributed by atoms with Gasteiger partial charge < -0.3 is 30.3 Å². The minimum absolute atomic E-state index is 0.0343. The van der Waals surface area contributed by atoms with Crippen LogP contribution in [-0.4, -0.2) is 72.7 Å². The van der Waals surface area contributed by atoms with E-state index < -0.39 is 64.7 Å². The number of fused-ring (bicyclic) bond motifs is 2. The molecule has 0 saturated carbocycles.